The number of hydrogen-bond donors (Lipinski definition) is 0. The molecule has 0 aromatic heterocycles. The summed E-state index contributed by atoms with van der Waals surface area (Å²) in [6.45, 7) is 0. The van der Waals surface area contributed by atoms with E-state index in [4.69, 9.17) is 39.8 Å². The number of halogens is 4. The third-order valence-electron chi connectivity index (χ3n) is 2.41. The van der Waals surface area contributed by atoms with Gasteiger partial charge in [-0.1, -0.05) is 0 Å². The zero-order chi connectivity index (χ0) is 12.5. The van der Waals surface area contributed by atoms with Crippen LogP contribution >= 0.6 is 39.8 Å². The molecule has 0 unspecified atom stereocenters. The van der Waals surface area contributed by atoms with Crippen LogP contribution in [0.4, 0.5) is 0 Å². The van der Waals surface area contributed by atoms with Gasteiger partial charge < -0.3 is 0 Å². The van der Waals surface area contributed by atoms with Crippen molar-refractivity contribution in [3.8, 4) is 0 Å². The summed E-state index contributed by atoms with van der Waals surface area (Å²) < 4.78 is 1.99. The van der Waals surface area contributed by atoms with E-state index in [0.717, 1.165) is 6.25 Å². The van der Waals surface area contributed by atoms with Gasteiger partial charge in [-0.25, -0.2) is 0 Å². The Hall–Kier alpha value is 0.522. The molecule has 0 aliphatic carbocycles. The second kappa shape index (κ2) is 5.66. The van der Waals surface area contributed by atoms with Crippen LogP contribution in [0, 0.1) is 0 Å². The molecule has 0 atom stereocenters. The van der Waals surface area contributed by atoms with Crippen LogP contribution in [0.25, 0.3) is 0 Å². The summed E-state index contributed by atoms with van der Waals surface area (Å²) in [6.07, 6.45) is 0. The van der Waals surface area contributed by atoms with Crippen molar-refractivity contribution in [2.24, 2.45) is 0 Å². The minimum absolute atomic E-state index is 0.683. The fourth-order valence-corrected chi connectivity index (χ4v) is 12.0. The summed E-state index contributed by atoms with van der Waals surface area (Å²) >= 11 is 8.08. The average Bonchev–Trinajstić information content (AvgIpc) is 2.30. The van der Waals surface area contributed by atoms with Crippen LogP contribution in [0.2, 0.25) is 10.0 Å². The van der Waals surface area contributed by atoms with Crippen molar-refractivity contribution in [2.75, 3.05) is 0 Å². The first-order valence-corrected chi connectivity index (χ1v) is 19.1. The van der Waals surface area contributed by atoms with Gasteiger partial charge in [0.05, 0.1) is 0 Å². The molecule has 2 aromatic carbocycles. The van der Waals surface area contributed by atoms with Crippen LogP contribution in [-0.4, -0.2) is 18.7 Å². The first-order valence-electron chi connectivity index (χ1n) is 4.90. The molecular weight excluding hydrogens is 493 g/mol. The fourth-order valence-electron chi connectivity index (χ4n) is 1.49. The fraction of sp³-hybridized carbons (Fsp3) is 0. The van der Waals surface area contributed by atoms with Gasteiger partial charge in [-0.15, -0.1) is 0 Å². The molecule has 88 valence electrons. The maximum absolute atomic E-state index is 6.59. The first-order chi connectivity index (χ1) is 8.00. The summed E-state index contributed by atoms with van der Waals surface area (Å²) in [5.41, 5.74) is 0. The van der Waals surface area contributed by atoms with Crippen LogP contribution in [0.15, 0.2) is 48.5 Å². The van der Waals surface area contributed by atoms with Crippen LogP contribution in [0.5, 0.6) is 0 Å². The second-order valence-electron chi connectivity index (χ2n) is 3.59. The van der Waals surface area contributed by atoms with Crippen LogP contribution in [-0.2, 0) is 0 Å². The van der Waals surface area contributed by atoms with Crippen LogP contribution < -0.4 is 6.25 Å². The molecule has 0 aliphatic heterocycles. The first kappa shape index (κ1) is 13.9. The Bertz CT molecular complexity index is 458. The Kier molecular flexibility index (Phi) is 4.64. The van der Waals surface area contributed by atoms with Crippen molar-refractivity contribution in [1.82, 2.24) is 0 Å². The molecule has 0 radical (unpaired) electrons. The molecule has 2 rings (SSSR count). The molecule has 0 nitrogen and oxygen atoms in total. The van der Waals surface area contributed by atoms with Gasteiger partial charge >= 0.3 is 123 Å². The third-order valence-corrected chi connectivity index (χ3v) is 18.8. The van der Waals surface area contributed by atoms with Gasteiger partial charge in [-0.2, -0.15) is 0 Å². The predicted molar refractivity (Wildman–Crippen MR) is 79.6 cm³/mol. The normalized spacial score (nSPS) is 11.5. The summed E-state index contributed by atoms with van der Waals surface area (Å²) in [5, 5.41) is 1.37. The molecular formula is C12H8Cl4Pb. The molecule has 0 heterocycles. The summed E-state index contributed by atoms with van der Waals surface area (Å²) in [5.74, 6) is 0. The number of hydrogen-bond acceptors (Lipinski definition) is 0. The zero-order valence-corrected chi connectivity index (χ0v) is 15.5. The maximum atomic E-state index is 6.59. The van der Waals surface area contributed by atoms with Crippen molar-refractivity contribution >= 4 is 64.8 Å². The molecule has 0 saturated carbocycles. The Labute approximate surface area is 122 Å². The number of benzene rings is 2. The third kappa shape index (κ3) is 3.29. The van der Waals surface area contributed by atoms with Crippen LogP contribution in [0.3, 0.4) is 0 Å². The van der Waals surface area contributed by atoms with Crippen molar-refractivity contribution in [1.29, 1.82) is 0 Å². The standard InChI is InChI=1S/2C6H4Cl.2ClH.Pb/c2*7-6-4-2-1-3-5-6;;;/h2*2-5H;2*1H;/q;;;;+2/p-2. The second-order valence-corrected chi connectivity index (χ2v) is 25.1. The van der Waals surface area contributed by atoms with E-state index in [9.17, 15) is 0 Å². The number of rotatable bonds is 2. The Morgan fingerprint density at radius 1 is 0.588 bits per heavy atom. The van der Waals surface area contributed by atoms with E-state index in [1.54, 1.807) is 0 Å². The van der Waals surface area contributed by atoms with Gasteiger partial charge in [-0.05, 0) is 0 Å². The van der Waals surface area contributed by atoms with Gasteiger partial charge in [0.15, 0.2) is 0 Å². The van der Waals surface area contributed by atoms with E-state index in [2.05, 4.69) is 0 Å². The summed E-state index contributed by atoms with van der Waals surface area (Å²) in [4.78, 5) is 0. The van der Waals surface area contributed by atoms with Crippen molar-refractivity contribution < 1.29 is 0 Å². The van der Waals surface area contributed by atoms with E-state index in [1.165, 1.54) is 0 Å². The molecule has 2 aromatic rings. The molecule has 0 N–H and O–H groups in total. The molecule has 17 heavy (non-hydrogen) atoms. The summed E-state index contributed by atoms with van der Waals surface area (Å²) in [7, 11) is 13.2. The van der Waals surface area contributed by atoms with Gasteiger partial charge in [0.2, 0.25) is 0 Å². The molecule has 0 saturated heterocycles. The average molecular weight is 501 g/mol. The van der Waals surface area contributed by atoms with E-state index in [0.29, 0.717) is 10.0 Å². The van der Waals surface area contributed by atoms with Gasteiger partial charge in [0.1, 0.15) is 0 Å². The van der Waals surface area contributed by atoms with Crippen molar-refractivity contribution in [3.63, 3.8) is 0 Å². The zero-order valence-electron chi connectivity index (χ0n) is 8.63. The van der Waals surface area contributed by atoms with Crippen molar-refractivity contribution in [3.05, 3.63) is 58.6 Å². The van der Waals surface area contributed by atoms with E-state index in [-0.39, 0.29) is 0 Å². The topological polar surface area (TPSA) is 0 Å². The molecule has 0 bridgehead atoms. The van der Waals surface area contributed by atoms with Gasteiger partial charge in [0.25, 0.3) is 0 Å². The summed E-state index contributed by atoms with van der Waals surface area (Å²) in [6, 6.07) is 14.9. The Balaban J connectivity index is 2.41. The molecule has 0 spiro atoms. The quantitative estimate of drug-likeness (QED) is 0.546. The minimum atomic E-state index is -3.62. The monoisotopic (exact) mass is 500 g/mol. The Morgan fingerprint density at radius 2 is 0.882 bits per heavy atom. The molecule has 0 aliphatic rings. The Morgan fingerprint density at radius 3 is 1.18 bits per heavy atom. The molecule has 5 heteroatoms. The molecule has 0 amide bonds. The van der Waals surface area contributed by atoms with E-state index < -0.39 is 18.7 Å². The predicted octanol–water partition coefficient (Wildman–Crippen LogP) is 4.03. The van der Waals surface area contributed by atoms with Gasteiger partial charge in [0, 0.05) is 0 Å². The van der Waals surface area contributed by atoms with Crippen LogP contribution in [0.1, 0.15) is 0 Å². The molecule has 0 fully saturated rings. The van der Waals surface area contributed by atoms with E-state index >= 15 is 0 Å². The SMILES string of the molecule is Clc1cc[c]([Pb]([Cl])([Cl])[c]2ccc(Cl)cc2)cc1. The van der Waals surface area contributed by atoms with Gasteiger partial charge in [-0.3, -0.25) is 0 Å². The van der Waals surface area contributed by atoms with Crippen molar-refractivity contribution in [2.45, 2.75) is 0 Å². The van der Waals surface area contributed by atoms with E-state index in [1.807, 2.05) is 48.5 Å².